The van der Waals surface area contributed by atoms with Gasteiger partial charge in [0.1, 0.15) is 11.0 Å². The van der Waals surface area contributed by atoms with Crippen molar-refractivity contribution in [3.05, 3.63) is 24.3 Å². The number of nitrogens with zero attached hydrogens (tertiary/aromatic N) is 5. The highest BCUT2D eigenvalue weighted by Crippen LogP contribution is 2.21. The van der Waals surface area contributed by atoms with E-state index in [1.54, 1.807) is 12.1 Å². The Kier molecular flexibility index (Phi) is 6.57. The summed E-state index contributed by atoms with van der Waals surface area (Å²) in [6.45, 7) is 0. The third kappa shape index (κ3) is 5.40. The van der Waals surface area contributed by atoms with Gasteiger partial charge in [0.25, 0.3) is 0 Å². The van der Waals surface area contributed by atoms with E-state index >= 15 is 0 Å². The van der Waals surface area contributed by atoms with Crippen LogP contribution < -0.4 is 0 Å². The van der Waals surface area contributed by atoms with E-state index in [-0.39, 0.29) is 0 Å². The number of aromatic nitrogens is 3. The molecule has 0 spiro atoms. The molecule has 0 saturated heterocycles. The van der Waals surface area contributed by atoms with E-state index in [9.17, 15) is 0 Å². The van der Waals surface area contributed by atoms with Crippen LogP contribution in [0.1, 0.15) is 64.2 Å². The second-order valence-corrected chi connectivity index (χ2v) is 6.91. The lowest BCUT2D eigenvalue weighted by atomic mass is 9.96. The Morgan fingerprint density at radius 2 is 1.44 bits per heavy atom. The van der Waals surface area contributed by atoms with Crippen molar-refractivity contribution >= 4 is 17.0 Å². The van der Waals surface area contributed by atoms with Crippen molar-refractivity contribution < 1.29 is 5.21 Å². The number of hydrogen-bond donors (Lipinski definition) is 1. The quantitative estimate of drug-likeness (QED) is 0.645. The highest BCUT2D eigenvalue weighted by atomic mass is 16.5. The molecule has 6 heteroatoms. The number of rotatable bonds is 2. The average molecular weight is 341 g/mol. The van der Waals surface area contributed by atoms with Gasteiger partial charge in [0.2, 0.25) is 0 Å². The smallest absolute Gasteiger partial charge is 0.130 e. The third-order valence-corrected chi connectivity index (χ3v) is 4.96. The van der Waals surface area contributed by atoms with Gasteiger partial charge in [0.15, 0.2) is 0 Å². The lowest BCUT2D eigenvalue weighted by Gasteiger charge is -2.17. The summed E-state index contributed by atoms with van der Waals surface area (Å²) in [6.07, 6.45) is 13.2. The van der Waals surface area contributed by atoms with E-state index in [1.807, 2.05) is 12.1 Å². The summed E-state index contributed by atoms with van der Waals surface area (Å²) >= 11 is 0. The first-order chi connectivity index (χ1) is 12.3. The monoisotopic (exact) mass is 341 g/mol. The van der Waals surface area contributed by atoms with Crippen LogP contribution in [0.15, 0.2) is 34.3 Å². The van der Waals surface area contributed by atoms with E-state index in [4.69, 9.17) is 5.21 Å². The van der Waals surface area contributed by atoms with Crippen molar-refractivity contribution in [2.45, 2.75) is 76.3 Å². The molecule has 0 bridgehead atoms. The van der Waals surface area contributed by atoms with Crippen molar-refractivity contribution in [2.75, 3.05) is 0 Å². The summed E-state index contributed by atoms with van der Waals surface area (Å²) in [5.41, 5.74) is 1.33. The number of aliphatic imine (C=N–C) groups is 2. The minimum atomic E-state index is 0.533. The van der Waals surface area contributed by atoms with E-state index in [1.165, 1.54) is 64.2 Å². The number of hydrogen-bond acceptors (Lipinski definition) is 5. The molecule has 6 nitrogen and oxygen atoms in total. The van der Waals surface area contributed by atoms with Crippen molar-refractivity contribution in [3.8, 4) is 0 Å². The zero-order valence-electron chi connectivity index (χ0n) is 14.7. The highest BCUT2D eigenvalue weighted by molar-refractivity contribution is 5.73. The first kappa shape index (κ1) is 17.6. The summed E-state index contributed by atoms with van der Waals surface area (Å²) in [5.74, 6) is 0. The van der Waals surface area contributed by atoms with E-state index in [2.05, 4.69) is 26.3 Å². The van der Waals surface area contributed by atoms with Crippen molar-refractivity contribution in [1.82, 2.24) is 15.2 Å². The van der Waals surface area contributed by atoms with Crippen LogP contribution in [0.25, 0.3) is 11.0 Å². The molecule has 2 aromatic rings. The van der Waals surface area contributed by atoms with Gasteiger partial charge in [-0.3, -0.25) is 0 Å². The first-order valence-electron chi connectivity index (χ1n) is 9.47. The molecule has 1 heterocycles. The van der Waals surface area contributed by atoms with Gasteiger partial charge in [-0.2, -0.15) is 0 Å². The molecule has 2 fully saturated rings. The molecule has 0 aliphatic heterocycles. The van der Waals surface area contributed by atoms with Gasteiger partial charge in [-0.05, 0) is 43.0 Å². The topological polar surface area (TPSA) is 75.7 Å². The van der Waals surface area contributed by atoms with Crippen LogP contribution in [0.4, 0.5) is 0 Å². The lowest BCUT2D eigenvalue weighted by Crippen LogP contribution is -2.10. The lowest BCUT2D eigenvalue weighted by molar-refractivity contribution is 0.155. The van der Waals surface area contributed by atoms with Crippen molar-refractivity contribution in [1.29, 1.82) is 0 Å². The summed E-state index contributed by atoms with van der Waals surface area (Å²) in [6, 6.07) is 11.2. The Morgan fingerprint density at radius 1 is 0.880 bits per heavy atom. The van der Waals surface area contributed by atoms with Crippen LogP contribution >= 0.6 is 0 Å². The van der Waals surface area contributed by atoms with Crippen molar-refractivity contribution in [2.24, 2.45) is 9.98 Å². The fourth-order valence-corrected chi connectivity index (χ4v) is 3.47. The minimum absolute atomic E-state index is 0.533. The zero-order chi connectivity index (χ0) is 17.3. The van der Waals surface area contributed by atoms with E-state index in [0.717, 1.165) is 4.85 Å². The molecule has 1 N–H and O–H groups in total. The zero-order valence-corrected chi connectivity index (χ0v) is 14.7. The molecular weight excluding hydrogens is 314 g/mol. The van der Waals surface area contributed by atoms with Crippen LogP contribution in [-0.4, -0.2) is 38.5 Å². The standard InChI is InChI=1S/C13H22N2.C6H5N3O/c1-3-7-12(8-4-1)14-11-15-13-9-5-2-6-10-13;10-9-6-4-2-1-3-5(6)7-8-9/h12-13H,1-10H2;1-4,10H. The van der Waals surface area contributed by atoms with Gasteiger partial charge in [-0.1, -0.05) is 55.5 Å². The molecule has 2 saturated carbocycles. The van der Waals surface area contributed by atoms with Gasteiger partial charge in [-0.15, -0.1) is 5.10 Å². The molecule has 134 valence electrons. The Morgan fingerprint density at radius 3 is 2.00 bits per heavy atom. The Labute approximate surface area is 148 Å². The highest BCUT2D eigenvalue weighted by Gasteiger charge is 2.12. The fraction of sp³-hybridized carbons (Fsp3) is 0.632. The van der Waals surface area contributed by atoms with Crippen LogP contribution in [0, 0.1) is 0 Å². The van der Waals surface area contributed by atoms with Crippen LogP contribution in [0.5, 0.6) is 0 Å². The Hall–Kier alpha value is -2.20. The predicted molar refractivity (Wildman–Crippen MR) is 98.3 cm³/mol. The van der Waals surface area contributed by atoms with E-state index in [0.29, 0.717) is 23.1 Å². The normalized spacial score (nSPS) is 18.9. The van der Waals surface area contributed by atoms with E-state index < -0.39 is 0 Å². The third-order valence-electron chi connectivity index (χ3n) is 4.96. The maximum Gasteiger partial charge on any atom is 0.130 e. The summed E-state index contributed by atoms with van der Waals surface area (Å²) < 4.78 is 0. The number of para-hydroxylation sites is 1. The fourth-order valence-electron chi connectivity index (χ4n) is 3.47. The Bertz CT molecular complexity index is 685. The van der Waals surface area contributed by atoms with Gasteiger partial charge in [-0.25, -0.2) is 9.98 Å². The maximum atomic E-state index is 8.95. The molecule has 2 aliphatic carbocycles. The van der Waals surface area contributed by atoms with Crippen molar-refractivity contribution in [3.63, 3.8) is 0 Å². The van der Waals surface area contributed by atoms with Gasteiger partial charge in [0, 0.05) is 0 Å². The minimum Gasteiger partial charge on any atom is -0.410 e. The number of benzene rings is 1. The van der Waals surface area contributed by atoms with Crippen LogP contribution in [0.2, 0.25) is 0 Å². The molecule has 0 unspecified atom stereocenters. The summed E-state index contributed by atoms with van der Waals surface area (Å²) in [7, 11) is 0. The molecule has 1 aromatic carbocycles. The molecule has 1 aromatic heterocycles. The average Bonchev–Trinajstić information content (AvgIpc) is 3.06. The molecule has 4 rings (SSSR count). The largest absolute Gasteiger partial charge is 0.410 e. The summed E-state index contributed by atoms with van der Waals surface area (Å²) in [4.78, 5) is 9.68. The van der Waals surface area contributed by atoms with Crippen LogP contribution in [0.3, 0.4) is 0 Å². The second-order valence-electron chi connectivity index (χ2n) is 6.91. The first-order valence-corrected chi connectivity index (χ1v) is 9.47. The second kappa shape index (κ2) is 9.33. The Balaban J connectivity index is 0.000000157. The predicted octanol–water partition coefficient (Wildman–Crippen LogP) is 4.49. The maximum absolute atomic E-state index is 8.95. The van der Waals surface area contributed by atoms with Gasteiger partial charge in [0.05, 0.1) is 18.1 Å². The van der Waals surface area contributed by atoms with Gasteiger partial charge < -0.3 is 5.21 Å². The molecule has 25 heavy (non-hydrogen) atoms. The molecular formula is C19H27N5O. The molecule has 0 amide bonds. The molecule has 0 radical (unpaired) electrons. The number of fused-ring (bicyclic) bond motifs is 1. The summed E-state index contributed by atoms with van der Waals surface area (Å²) in [5, 5.41) is 16.1. The SMILES string of the molecule is C(=NC1CCCCC1)=NC1CCCCC1.On1nnc2ccccc21. The van der Waals surface area contributed by atoms with Crippen LogP contribution in [-0.2, 0) is 0 Å². The molecule has 0 atom stereocenters. The van der Waals surface area contributed by atoms with Gasteiger partial charge >= 0.3 is 0 Å². The molecule has 2 aliphatic rings.